The lowest BCUT2D eigenvalue weighted by Gasteiger charge is -2.38. The molecule has 0 bridgehead atoms. The molecule has 1 unspecified atom stereocenters. The predicted octanol–water partition coefficient (Wildman–Crippen LogP) is 3.15. The third-order valence-corrected chi connectivity index (χ3v) is 3.86. The molecule has 1 aromatic carbocycles. The Morgan fingerprint density at radius 2 is 2.22 bits per heavy atom. The van der Waals surface area contributed by atoms with Crippen molar-refractivity contribution in [3.63, 3.8) is 0 Å². The zero-order chi connectivity index (χ0) is 12.8. The lowest BCUT2D eigenvalue weighted by atomic mass is 9.77. The lowest BCUT2D eigenvalue weighted by Crippen LogP contribution is -2.40. The molecule has 3 rings (SSSR count). The fourth-order valence-electron chi connectivity index (χ4n) is 2.82. The average molecular weight is 247 g/mol. The average Bonchev–Trinajstić information content (AvgIpc) is 2.70. The van der Waals surface area contributed by atoms with E-state index in [-0.39, 0.29) is 17.3 Å². The highest BCUT2D eigenvalue weighted by molar-refractivity contribution is 5.75. The molecular formula is C14H18FN3. The lowest BCUT2D eigenvalue weighted by molar-refractivity contribution is 0.175. The summed E-state index contributed by atoms with van der Waals surface area (Å²) in [6.07, 6.45) is 2.37. The summed E-state index contributed by atoms with van der Waals surface area (Å²) in [5.74, 6) is 0.689. The van der Waals surface area contributed by atoms with E-state index in [4.69, 9.17) is 0 Å². The number of piperidine rings is 1. The summed E-state index contributed by atoms with van der Waals surface area (Å²) in [4.78, 5) is 7.84. The van der Waals surface area contributed by atoms with E-state index in [9.17, 15) is 4.39 Å². The number of benzene rings is 1. The number of nitrogens with zero attached hydrogens (tertiary/aromatic N) is 1. The highest BCUT2D eigenvalue weighted by Crippen LogP contribution is 2.39. The number of hydrogen-bond acceptors (Lipinski definition) is 2. The Morgan fingerprint density at radius 3 is 3.00 bits per heavy atom. The Balaban J connectivity index is 2.03. The molecule has 0 amide bonds. The van der Waals surface area contributed by atoms with Gasteiger partial charge in [-0.1, -0.05) is 13.8 Å². The predicted molar refractivity (Wildman–Crippen MR) is 69.8 cm³/mol. The van der Waals surface area contributed by atoms with Crippen LogP contribution in [0.4, 0.5) is 4.39 Å². The van der Waals surface area contributed by atoms with Gasteiger partial charge in [0.05, 0.1) is 17.1 Å². The molecule has 0 aliphatic carbocycles. The van der Waals surface area contributed by atoms with Gasteiger partial charge in [0.1, 0.15) is 11.6 Å². The molecule has 2 aromatic rings. The number of nitrogens with one attached hydrogen (secondary N) is 2. The van der Waals surface area contributed by atoms with Gasteiger partial charge in [-0.3, -0.25) is 0 Å². The maximum atomic E-state index is 13.2. The van der Waals surface area contributed by atoms with Crippen LogP contribution in [0.25, 0.3) is 11.0 Å². The van der Waals surface area contributed by atoms with E-state index in [1.807, 2.05) is 0 Å². The minimum Gasteiger partial charge on any atom is -0.341 e. The molecule has 1 aliphatic rings. The van der Waals surface area contributed by atoms with E-state index in [1.165, 1.54) is 25.0 Å². The second-order valence-corrected chi connectivity index (χ2v) is 5.76. The molecule has 0 radical (unpaired) electrons. The summed E-state index contributed by atoms with van der Waals surface area (Å²) in [6.45, 7) is 5.51. The Kier molecular flexibility index (Phi) is 2.63. The number of fused-ring (bicyclic) bond motifs is 1. The fraction of sp³-hybridized carbons (Fsp3) is 0.500. The summed E-state index contributed by atoms with van der Waals surface area (Å²) < 4.78 is 13.2. The number of rotatable bonds is 1. The maximum Gasteiger partial charge on any atom is 0.125 e. The Morgan fingerprint density at radius 1 is 1.39 bits per heavy atom. The maximum absolute atomic E-state index is 13.2. The van der Waals surface area contributed by atoms with Gasteiger partial charge < -0.3 is 10.3 Å². The molecule has 2 heterocycles. The number of aromatic nitrogens is 2. The van der Waals surface area contributed by atoms with E-state index < -0.39 is 0 Å². The van der Waals surface area contributed by atoms with Gasteiger partial charge in [-0.2, -0.15) is 0 Å². The molecule has 1 aliphatic heterocycles. The first-order valence-electron chi connectivity index (χ1n) is 6.45. The third kappa shape index (κ3) is 1.90. The minimum atomic E-state index is -0.228. The summed E-state index contributed by atoms with van der Waals surface area (Å²) in [6, 6.07) is 4.89. The second kappa shape index (κ2) is 4.05. The summed E-state index contributed by atoms with van der Waals surface area (Å²) in [5, 5.41) is 3.51. The largest absolute Gasteiger partial charge is 0.341 e. The monoisotopic (exact) mass is 247 g/mol. The first-order valence-corrected chi connectivity index (χ1v) is 6.45. The minimum absolute atomic E-state index is 0.171. The van der Waals surface area contributed by atoms with E-state index >= 15 is 0 Å². The van der Waals surface area contributed by atoms with Crippen molar-refractivity contribution >= 4 is 11.0 Å². The smallest absolute Gasteiger partial charge is 0.125 e. The van der Waals surface area contributed by atoms with Crippen LogP contribution < -0.4 is 5.32 Å². The molecule has 1 fully saturated rings. The van der Waals surface area contributed by atoms with Crippen LogP contribution in [0.3, 0.4) is 0 Å². The molecular weight excluding hydrogens is 229 g/mol. The number of halogens is 1. The fourth-order valence-corrected chi connectivity index (χ4v) is 2.82. The molecule has 0 spiro atoms. The van der Waals surface area contributed by atoms with Crippen molar-refractivity contribution in [3.8, 4) is 0 Å². The van der Waals surface area contributed by atoms with E-state index in [0.717, 1.165) is 23.4 Å². The standard InChI is InChI=1S/C14H18FN3/c1-14(2)6-3-7-16-12(14)13-17-10-5-4-9(15)8-11(10)18-13/h4-5,8,12,16H,3,6-7H2,1-2H3,(H,17,18). The zero-order valence-electron chi connectivity index (χ0n) is 10.8. The first kappa shape index (κ1) is 11.7. The first-order chi connectivity index (χ1) is 8.56. The highest BCUT2D eigenvalue weighted by atomic mass is 19.1. The SMILES string of the molecule is CC1(C)CCCNC1c1nc2ccc(F)cc2[nH]1. The van der Waals surface area contributed by atoms with Gasteiger partial charge in [-0.25, -0.2) is 9.37 Å². The molecule has 2 N–H and O–H groups in total. The van der Waals surface area contributed by atoms with Crippen LogP contribution in [0.1, 0.15) is 38.6 Å². The van der Waals surface area contributed by atoms with Gasteiger partial charge in [-0.15, -0.1) is 0 Å². The van der Waals surface area contributed by atoms with Crippen molar-refractivity contribution in [2.75, 3.05) is 6.54 Å². The Labute approximate surface area is 106 Å². The summed E-state index contributed by atoms with van der Waals surface area (Å²) >= 11 is 0. The molecule has 1 saturated heterocycles. The Hall–Kier alpha value is -1.42. The van der Waals surface area contributed by atoms with Crippen LogP contribution in [0.5, 0.6) is 0 Å². The van der Waals surface area contributed by atoms with Crippen LogP contribution in [0, 0.1) is 11.2 Å². The second-order valence-electron chi connectivity index (χ2n) is 5.76. The molecule has 1 aromatic heterocycles. The zero-order valence-corrected chi connectivity index (χ0v) is 10.8. The van der Waals surface area contributed by atoms with Gasteiger partial charge >= 0.3 is 0 Å². The molecule has 1 atom stereocenters. The topological polar surface area (TPSA) is 40.7 Å². The molecule has 0 saturated carbocycles. The van der Waals surface area contributed by atoms with Crippen molar-refractivity contribution in [2.24, 2.45) is 5.41 Å². The quantitative estimate of drug-likeness (QED) is 0.812. The van der Waals surface area contributed by atoms with Crippen molar-refractivity contribution in [1.29, 1.82) is 0 Å². The van der Waals surface area contributed by atoms with E-state index in [0.29, 0.717) is 0 Å². The highest BCUT2D eigenvalue weighted by Gasteiger charge is 2.35. The Bertz CT molecular complexity index is 573. The van der Waals surface area contributed by atoms with Crippen LogP contribution in [-0.4, -0.2) is 16.5 Å². The van der Waals surface area contributed by atoms with Gasteiger partial charge in [0, 0.05) is 0 Å². The summed E-state index contributed by atoms with van der Waals surface area (Å²) in [7, 11) is 0. The summed E-state index contributed by atoms with van der Waals surface area (Å²) in [5.41, 5.74) is 1.77. The van der Waals surface area contributed by atoms with Crippen molar-refractivity contribution in [2.45, 2.75) is 32.7 Å². The van der Waals surface area contributed by atoms with Crippen LogP contribution in [0.15, 0.2) is 18.2 Å². The van der Waals surface area contributed by atoms with Crippen molar-refractivity contribution < 1.29 is 4.39 Å². The number of H-pyrrole nitrogens is 1. The van der Waals surface area contributed by atoms with Crippen molar-refractivity contribution in [3.05, 3.63) is 29.8 Å². The number of imidazole rings is 1. The number of hydrogen-bond donors (Lipinski definition) is 2. The molecule has 18 heavy (non-hydrogen) atoms. The molecule has 3 nitrogen and oxygen atoms in total. The van der Waals surface area contributed by atoms with Gasteiger partial charge in [0.15, 0.2) is 0 Å². The normalized spacial score (nSPS) is 23.4. The molecule has 4 heteroatoms. The third-order valence-electron chi connectivity index (χ3n) is 3.86. The number of aromatic amines is 1. The van der Waals surface area contributed by atoms with Crippen LogP contribution in [0.2, 0.25) is 0 Å². The van der Waals surface area contributed by atoms with Gasteiger partial charge in [0.2, 0.25) is 0 Å². The van der Waals surface area contributed by atoms with Crippen LogP contribution >= 0.6 is 0 Å². The molecule has 96 valence electrons. The van der Waals surface area contributed by atoms with E-state index in [2.05, 4.69) is 29.1 Å². The van der Waals surface area contributed by atoms with Gasteiger partial charge in [-0.05, 0) is 43.0 Å². The van der Waals surface area contributed by atoms with Crippen molar-refractivity contribution in [1.82, 2.24) is 15.3 Å². The van der Waals surface area contributed by atoms with Crippen LogP contribution in [-0.2, 0) is 0 Å². The van der Waals surface area contributed by atoms with E-state index in [1.54, 1.807) is 6.07 Å². The van der Waals surface area contributed by atoms with Gasteiger partial charge in [0.25, 0.3) is 0 Å².